The van der Waals surface area contributed by atoms with Crippen molar-refractivity contribution in [1.82, 2.24) is 4.98 Å². The molecule has 1 aromatic rings. The summed E-state index contributed by atoms with van der Waals surface area (Å²) in [6.07, 6.45) is 11.4. The molecule has 0 aromatic carbocycles. The first-order valence-electron chi connectivity index (χ1n) is 8.64. The summed E-state index contributed by atoms with van der Waals surface area (Å²) in [5.41, 5.74) is 10.3. The van der Waals surface area contributed by atoms with E-state index in [1.165, 1.54) is 49.8 Å². The van der Waals surface area contributed by atoms with Crippen LogP contribution >= 0.6 is 0 Å². The zero-order valence-corrected chi connectivity index (χ0v) is 13.4. The first kappa shape index (κ1) is 13.8. The monoisotopic (exact) mass is 284 g/mol. The summed E-state index contributed by atoms with van der Waals surface area (Å²) in [4.78, 5) is 4.58. The Morgan fingerprint density at radius 2 is 2.00 bits per heavy atom. The Morgan fingerprint density at radius 3 is 2.62 bits per heavy atom. The predicted octanol–water partition coefficient (Wildman–Crippen LogP) is 3.87. The van der Waals surface area contributed by atoms with E-state index in [-0.39, 0.29) is 6.04 Å². The Labute approximate surface area is 128 Å². The quantitative estimate of drug-likeness (QED) is 0.915. The lowest BCUT2D eigenvalue weighted by molar-refractivity contribution is -0.112. The Kier molecular flexibility index (Phi) is 2.98. The van der Waals surface area contributed by atoms with Crippen molar-refractivity contribution in [3.05, 3.63) is 29.6 Å². The average Bonchev–Trinajstić information content (AvgIpc) is 2.38. The van der Waals surface area contributed by atoms with E-state index >= 15 is 0 Å². The van der Waals surface area contributed by atoms with Gasteiger partial charge in [-0.2, -0.15) is 0 Å². The number of aromatic nitrogens is 1. The van der Waals surface area contributed by atoms with Crippen LogP contribution in [0.25, 0.3) is 0 Å². The second-order valence-corrected chi connectivity index (χ2v) is 8.71. The highest BCUT2D eigenvalue weighted by Crippen LogP contribution is 2.66. The minimum atomic E-state index is 0.288. The van der Waals surface area contributed by atoms with E-state index in [1.807, 2.05) is 12.3 Å². The molecule has 0 aliphatic heterocycles. The molecule has 5 rings (SSSR count). The van der Waals surface area contributed by atoms with Gasteiger partial charge in [0.15, 0.2) is 0 Å². The smallest absolute Gasteiger partial charge is 0.0448 e. The summed E-state index contributed by atoms with van der Waals surface area (Å²) in [5.74, 6) is 1.90. The highest BCUT2D eigenvalue weighted by atomic mass is 14.8. The molecule has 114 valence electrons. The van der Waals surface area contributed by atoms with Crippen LogP contribution in [0.5, 0.6) is 0 Å². The van der Waals surface area contributed by atoms with E-state index in [1.54, 1.807) is 0 Å². The van der Waals surface area contributed by atoms with Crippen molar-refractivity contribution in [1.29, 1.82) is 0 Å². The fourth-order valence-corrected chi connectivity index (χ4v) is 6.39. The predicted molar refractivity (Wildman–Crippen MR) is 85.9 cm³/mol. The van der Waals surface area contributed by atoms with Gasteiger partial charge >= 0.3 is 0 Å². The molecule has 4 aliphatic carbocycles. The van der Waals surface area contributed by atoms with Crippen molar-refractivity contribution in [2.24, 2.45) is 28.4 Å². The minimum Gasteiger partial charge on any atom is -0.327 e. The number of rotatable bonds is 3. The first-order valence-corrected chi connectivity index (χ1v) is 8.64. The standard InChI is InChI=1S/C19H28N2/c1-13-4-3-5-21-16(13)7-17(20)19-10-14-6-15(11-19)9-18(2,8-14)12-19/h3-5,14-15,17H,6-12,20H2,1-2H3. The molecule has 2 N–H and O–H groups in total. The van der Waals surface area contributed by atoms with Crippen molar-refractivity contribution in [3.63, 3.8) is 0 Å². The zero-order chi connectivity index (χ0) is 14.7. The van der Waals surface area contributed by atoms with Crippen LogP contribution in [0.2, 0.25) is 0 Å². The van der Waals surface area contributed by atoms with Crippen LogP contribution in [-0.4, -0.2) is 11.0 Å². The van der Waals surface area contributed by atoms with Crippen molar-refractivity contribution in [2.75, 3.05) is 0 Å². The summed E-state index contributed by atoms with van der Waals surface area (Å²) in [5, 5.41) is 0. The van der Waals surface area contributed by atoms with Crippen molar-refractivity contribution in [2.45, 2.75) is 64.8 Å². The lowest BCUT2D eigenvalue weighted by Crippen LogP contribution is -2.58. The molecule has 1 heterocycles. The lowest BCUT2D eigenvalue weighted by Gasteiger charge is -2.63. The molecule has 21 heavy (non-hydrogen) atoms. The normalized spacial score (nSPS) is 42.2. The fraction of sp³-hybridized carbons (Fsp3) is 0.737. The van der Waals surface area contributed by atoms with Gasteiger partial charge in [-0.25, -0.2) is 0 Å². The molecule has 3 unspecified atom stereocenters. The van der Waals surface area contributed by atoms with Crippen LogP contribution in [0, 0.1) is 29.6 Å². The maximum atomic E-state index is 6.79. The van der Waals surface area contributed by atoms with Gasteiger partial charge in [-0.3, -0.25) is 4.98 Å². The summed E-state index contributed by atoms with van der Waals surface area (Å²) >= 11 is 0. The molecule has 0 spiro atoms. The van der Waals surface area contributed by atoms with Gasteiger partial charge in [-0.15, -0.1) is 0 Å². The molecule has 2 nitrogen and oxygen atoms in total. The van der Waals surface area contributed by atoms with E-state index in [0.29, 0.717) is 10.8 Å². The maximum absolute atomic E-state index is 6.79. The van der Waals surface area contributed by atoms with Gasteiger partial charge in [-0.05, 0) is 79.7 Å². The van der Waals surface area contributed by atoms with E-state index < -0.39 is 0 Å². The summed E-state index contributed by atoms with van der Waals surface area (Å²) in [7, 11) is 0. The molecule has 0 radical (unpaired) electrons. The Bertz CT molecular complexity index is 536. The van der Waals surface area contributed by atoms with Gasteiger partial charge in [0.1, 0.15) is 0 Å². The van der Waals surface area contributed by atoms with Crippen LogP contribution in [0.4, 0.5) is 0 Å². The van der Waals surface area contributed by atoms with Crippen molar-refractivity contribution in [3.8, 4) is 0 Å². The van der Waals surface area contributed by atoms with Gasteiger partial charge in [0.2, 0.25) is 0 Å². The third-order valence-corrected chi connectivity index (χ3v) is 6.72. The van der Waals surface area contributed by atoms with Crippen molar-refractivity contribution < 1.29 is 0 Å². The van der Waals surface area contributed by atoms with Crippen LogP contribution in [0.1, 0.15) is 56.7 Å². The van der Waals surface area contributed by atoms with Gasteiger partial charge in [0.05, 0.1) is 0 Å². The second-order valence-electron chi connectivity index (χ2n) is 8.71. The topological polar surface area (TPSA) is 38.9 Å². The number of hydrogen-bond donors (Lipinski definition) is 1. The van der Waals surface area contributed by atoms with Crippen molar-refractivity contribution >= 4 is 0 Å². The van der Waals surface area contributed by atoms with Crippen LogP contribution in [-0.2, 0) is 6.42 Å². The molecule has 0 saturated heterocycles. The third-order valence-electron chi connectivity index (χ3n) is 6.72. The Balaban J connectivity index is 1.59. The molecule has 4 bridgehead atoms. The minimum absolute atomic E-state index is 0.288. The number of nitrogens with zero attached hydrogens (tertiary/aromatic N) is 1. The molecular weight excluding hydrogens is 256 g/mol. The molecule has 2 heteroatoms. The average molecular weight is 284 g/mol. The largest absolute Gasteiger partial charge is 0.327 e. The molecule has 0 amide bonds. The molecule has 4 aliphatic rings. The second kappa shape index (κ2) is 4.55. The van der Waals surface area contributed by atoms with Gasteiger partial charge in [0, 0.05) is 24.4 Å². The summed E-state index contributed by atoms with van der Waals surface area (Å²) in [6.45, 7) is 4.69. The molecule has 3 atom stereocenters. The van der Waals surface area contributed by atoms with Gasteiger partial charge in [-0.1, -0.05) is 13.0 Å². The molecular formula is C19H28N2. The summed E-state index contributed by atoms with van der Waals surface area (Å²) in [6, 6.07) is 4.47. The van der Waals surface area contributed by atoms with Crippen LogP contribution in [0.15, 0.2) is 18.3 Å². The van der Waals surface area contributed by atoms with E-state index in [4.69, 9.17) is 5.73 Å². The zero-order valence-electron chi connectivity index (χ0n) is 13.4. The SMILES string of the molecule is Cc1cccnc1CC(N)C12CC3CC(CC(C)(C3)C1)C2. The first-order chi connectivity index (χ1) is 9.98. The van der Waals surface area contributed by atoms with E-state index in [9.17, 15) is 0 Å². The maximum Gasteiger partial charge on any atom is 0.0448 e. The number of hydrogen-bond acceptors (Lipinski definition) is 2. The Hall–Kier alpha value is -0.890. The molecule has 4 fully saturated rings. The van der Waals surface area contributed by atoms with E-state index in [2.05, 4.69) is 24.9 Å². The van der Waals surface area contributed by atoms with Gasteiger partial charge in [0.25, 0.3) is 0 Å². The van der Waals surface area contributed by atoms with Crippen LogP contribution < -0.4 is 5.73 Å². The third kappa shape index (κ3) is 2.23. The van der Waals surface area contributed by atoms with Gasteiger partial charge < -0.3 is 5.73 Å². The van der Waals surface area contributed by atoms with E-state index in [0.717, 1.165) is 18.3 Å². The molecule has 1 aromatic heterocycles. The fourth-order valence-electron chi connectivity index (χ4n) is 6.39. The Morgan fingerprint density at radius 1 is 1.29 bits per heavy atom. The highest BCUT2D eigenvalue weighted by molar-refractivity contribution is 5.20. The number of nitrogens with two attached hydrogens (primary N) is 1. The number of aryl methyl sites for hydroxylation is 1. The molecule has 4 saturated carbocycles. The highest BCUT2D eigenvalue weighted by Gasteiger charge is 2.57. The van der Waals surface area contributed by atoms with Crippen LogP contribution in [0.3, 0.4) is 0 Å². The number of pyridine rings is 1. The lowest BCUT2D eigenvalue weighted by atomic mass is 9.43. The summed E-state index contributed by atoms with van der Waals surface area (Å²) < 4.78 is 0.